The molecule has 14 heavy (non-hydrogen) atoms. The fraction of sp³-hybridized carbons (Fsp3) is 0.100. The second-order valence-electron chi connectivity index (χ2n) is 2.99. The van der Waals surface area contributed by atoms with Crippen LogP contribution in [-0.4, -0.2) is 14.9 Å². The fourth-order valence-corrected chi connectivity index (χ4v) is 1.41. The van der Waals surface area contributed by atoms with Crippen LogP contribution in [0.2, 0.25) is 5.15 Å². The number of aromatic hydroxyl groups is 1. The molecule has 3 nitrogen and oxygen atoms in total. The van der Waals surface area contributed by atoms with Crippen molar-refractivity contribution in [2.45, 2.75) is 0 Å². The Morgan fingerprint density at radius 1 is 1.36 bits per heavy atom. The smallest absolute Gasteiger partial charge is 0.127 e. The van der Waals surface area contributed by atoms with Gasteiger partial charge in [0.1, 0.15) is 10.9 Å². The zero-order chi connectivity index (χ0) is 10.1. The molecule has 0 bridgehead atoms. The van der Waals surface area contributed by atoms with Gasteiger partial charge in [-0.1, -0.05) is 23.7 Å². The Bertz CT molecular complexity index is 445. The fourth-order valence-electron chi connectivity index (χ4n) is 1.27. The number of para-hydroxylation sites is 1. The van der Waals surface area contributed by atoms with Gasteiger partial charge in [-0.3, -0.25) is 4.68 Å². The molecule has 0 aliphatic carbocycles. The van der Waals surface area contributed by atoms with Crippen LogP contribution in [0.5, 0.6) is 5.75 Å². The van der Waals surface area contributed by atoms with Gasteiger partial charge in [-0.2, -0.15) is 5.10 Å². The van der Waals surface area contributed by atoms with E-state index in [9.17, 15) is 5.11 Å². The zero-order valence-corrected chi connectivity index (χ0v) is 8.36. The standard InChI is InChI=1S/C10H9ClN2O/c1-13-10(11)6-8(12-13)7-4-2-3-5-9(7)14/h2-6,14H,1H3. The largest absolute Gasteiger partial charge is 0.507 e. The highest BCUT2D eigenvalue weighted by Gasteiger charge is 2.08. The first kappa shape index (κ1) is 9.09. The van der Waals surface area contributed by atoms with Crippen molar-refractivity contribution < 1.29 is 5.11 Å². The van der Waals surface area contributed by atoms with Crippen LogP contribution in [0.4, 0.5) is 0 Å². The zero-order valence-electron chi connectivity index (χ0n) is 7.61. The number of benzene rings is 1. The van der Waals surface area contributed by atoms with Gasteiger partial charge < -0.3 is 5.11 Å². The monoisotopic (exact) mass is 208 g/mol. The lowest BCUT2D eigenvalue weighted by Gasteiger charge is -1.98. The lowest BCUT2D eigenvalue weighted by Crippen LogP contribution is -1.89. The maximum absolute atomic E-state index is 9.57. The number of aromatic nitrogens is 2. The summed E-state index contributed by atoms with van der Waals surface area (Å²) in [5, 5.41) is 14.3. The third kappa shape index (κ3) is 1.46. The molecule has 1 heterocycles. The summed E-state index contributed by atoms with van der Waals surface area (Å²) in [6, 6.07) is 8.75. The normalized spacial score (nSPS) is 10.4. The van der Waals surface area contributed by atoms with Gasteiger partial charge in [0.2, 0.25) is 0 Å². The quantitative estimate of drug-likeness (QED) is 0.782. The molecule has 0 atom stereocenters. The van der Waals surface area contributed by atoms with E-state index in [-0.39, 0.29) is 5.75 Å². The molecule has 0 aliphatic heterocycles. The van der Waals surface area contributed by atoms with Crippen LogP contribution in [0.3, 0.4) is 0 Å². The number of hydrogen-bond acceptors (Lipinski definition) is 2. The number of phenols is 1. The maximum Gasteiger partial charge on any atom is 0.127 e. The topological polar surface area (TPSA) is 38.0 Å². The average Bonchev–Trinajstić information content (AvgIpc) is 2.48. The Morgan fingerprint density at radius 2 is 2.07 bits per heavy atom. The molecule has 0 radical (unpaired) electrons. The van der Waals surface area contributed by atoms with Gasteiger partial charge in [0.05, 0.1) is 5.69 Å². The van der Waals surface area contributed by atoms with Crippen LogP contribution in [0.1, 0.15) is 0 Å². The molecule has 0 spiro atoms. The van der Waals surface area contributed by atoms with Crippen molar-refractivity contribution >= 4 is 11.6 Å². The minimum absolute atomic E-state index is 0.210. The molecule has 0 amide bonds. The molecular weight excluding hydrogens is 200 g/mol. The molecule has 2 rings (SSSR count). The highest BCUT2D eigenvalue weighted by Crippen LogP contribution is 2.28. The number of rotatable bonds is 1. The molecule has 0 fully saturated rings. The summed E-state index contributed by atoms with van der Waals surface area (Å²) >= 11 is 5.85. The average molecular weight is 209 g/mol. The third-order valence-electron chi connectivity index (χ3n) is 2.00. The Labute approximate surface area is 86.6 Å². The van der Waals surface area contributed by atoms with Gasteiger partial charge in [-0.15, -0.1) is 0 Å². The van der Waals surface area contributed by atoms with Crippen molar-refractivity contribution in [3.05, 3.63) is 35.5 Å². The van der Waals surface area contributed by atoms with E-state index in [0.717, 1.165) is 0 Å². The Balaban J connectivity index is 2.55. The van der Waals surface area contributed by atoms with Crippen LogP contribution >= 0.6 is 11.6 Å². The molecule has 0 aliphatic rings. The predicted octanol–water partition coefficient (Wildman–Crippen LogP) is 2.45. The number of nitrogens with zero attached hydrogens (tertiary/aromatic N) is 2. The Kier molecular flexibility index (Phi) is 2.17. The van der Waals surface area contributed by atoms with Crippen LogP contribution in [0.25, 0.3) is 11.3 Å². The van der Waals surface area contributed by atoms with Gasteiger partial charge in [0, 0.05) is 18.7 Å². The van der Waals surface area contributed by atoms with Crippen molar-refractivity contribution in [3.8, 4) is 17.0 Å². The molecule has 0 saturated heterocycles. The summed E-state index contributed by atoms with van der Waals surface area (Å²) in [5.41, 5.74) is 1.37. The lowest BCUT2D eigenvalue weighted by atomic mass is 10.1. The van der Waals surface area contributed by atoms with Crippen LogP contribution < -0.4 is 0 Å². The van der Waals surface area contributed by atoms with E-state index in [2.05, 4.69) is 5.10 Å². The second kappa shape index (κ2) is 3.35. The van der Waals surface area contributed by atoms with E-state index < -0.39 is 0 Å². The van der Waals surface area contributed by atoms with Gasteiger partial charge in [-0.25, -0.2) is 0 Å². The molecule has 1 aromatic carbocycles. The van der Waals surface area contributed by atoms with Gasteiger partial charge >= 0.3 is 0 Å². The van der Waals surface area contributed by atoms with E-state index in [4.69, 9.17) is 11.6 Å². The van der Waals surface area contributed by atoms with E-state index in [0.29, 0.717) is 16.4 Å². The van der Waals surface area contributed by atoms with Crippen molar-refractivity contribution in [2.24, 2.45) is 7.05 Å². The first-order valence-electron chi connectivity index (χ1n) is 4.16. The van der Waals surface area contributed by atoms with Crippen LogP contribution in [0.15, 0.2) is 30.3 Å². The third-order valence-corrected chi connectivity index (χ3v) is 2.36. The summed E-state index contributed by atoms with van der Waals surface area (Å²) in [4.78, 5) is 0. The first-order valence-corrected chi connectivity index (χ1v) is 4.54. The van der Waals surface area contributed by atoms with Gasteiger partial charge in [-0.05, 0) is 12.1 Å². The van der Waals surface area contributed by atoms with Gasteiger partial charge in [0.15, 0.2) is 0 Å². The molecule has 4 heteroatoms. The van der Waals surface area contributed by atoms with Crippen LogP contribution in [-0.2, 0) is 7.05 Å². The minimum Gasteiger partial charge on any atom is -0.507 e. The first-order chi connectivity index (χ1) is 6.68. The van der Waals surface area contributed by atoms with Crippen molar-refractivity contribution in [3.63, 3.8) is 0 Å². The predicted molar refractivity (Wildman–Crippen MR) is 55.3 cm³/mol. The molecule has 1 N–H and O–H groups in total. The summed E-state index contributed by atoms with van der Waals surface area (Å²) in [5.74, 6) is 0.210. The lowest BCUT2D eigenvalue weighted by molar-refractivity contribution is 0.477. The van der Waals surface area contributed by atoms with E-state index in [1.807, 2.05) is 6.07 Å². The highest BCUT2D eigenvalue weighted by atomic mass is 35.5. The number of phenolic OH excluding ortho intramolecular Hbond substituents is 1. The van der Waals surface area contributed by atoms with Crippen molar-refractivity contribution in [1.82, 2.24) is 9.78 Å². The summed E-state index contributed by atoms with van der Waals surface area (Å²) in [7, 11) is 1.76. The molecule has 0 saturated carbocycles. The SMILES string of the molecule is Cn1nc(-c2ccccc2O)cc1Cl. The van der Waals surface area contributed by atoms with Gasteiger partial charge in [0.25, 0.3) is 0 Å². The van der Waals surface area contributed by atoms with Crippen molar-refractivity contribution in [1.29, 1.82) is 0 Å². The van der Waals surface area contributed by atoms with Crippen molar-refractivity contribution in [2.75, 3.05) is 0 Å². The minimum atomic E-state index is 0.210. The molecule has 1 aromatic heterocycles. The second-order valence-corrected chi connectivity index (χ2v) is 3.38. The molecule has 0 unspecified atom stereocenters. The van der Waals surface area contributed by atoms with E-state index >= 15 is 0 Å². The molecule has 72 valence electrons. The number of aryl methyl sites for hydroxylation is 1. The number of hydrogen-bond donors (Lipinski definition) is 1. The summed E-state index contributed by atoms with van der Waals surface area (Å²) < 4.78 is 1.56. The Hall–Kier alpha value is -1.48. The van der Waals surface area contributed by atoms with E-state index in [1.54, 1.807) is 36.0 Å². The molecule has 2 aromatic rings. The number of halogens is 1. The maximum atomic E-state index is 9.57. The Morgan fingerprint density at radius 3 is 2.64 bits per heavy atom. The molecular formula is C10H9ClN2O. The summed E-state index contributed by atoms with van der Waals surface area (Å²) in [6.45, 7) is 0. The van der Waals surface area contributed by atoms with E-state index in [1.165, 1.54) is 0 Å². The van der Waals surface area contributed by atoms with Crippen LogP contribution in [0, 0.1) is 0 Å². The highest BCUT2D eigenvalue weighted by molar-refractivity contribution is 6.29. The summed E-state index contributed by atoms with van der Waals surface area (Å²) in [6.07, 6.45) is 0.